The van der Waals surface area contributed by atoms with E-state index in [1.807, 2.05) is 0 Å². The minimum Gasteiger partial charge on any atom is -0.493 e. The first kappa shape index (κ1) is 14.3. The number of hydrogen-bond acceptors (Lipinski definition) is 1. The maximum Gasteiger partial charge on any atom is 0.127 e. The molecule has 0 amide bonds. The summed E-state index contributed by atoms with van der Waals surface area (Å²) < 4.78 is 18.7. The summed E-state index contributed by atoms with van der Waals surface area (Å²) in [5, 5.41) is 0. The Kier molecular flexibility index (Phi) is 7.02. The maximum absolute atomic E-state index is 13.2. The molecular formula is C14H20ClFO. The third-order valence-electron chi connectivity index (χ3n) is 2.60. The van der Waals surface area contributed by atoms with Crippen molar-refractivity contribution < 1.29 is 9.13 Å². The lowest BCUT2D eigenvalue weighted by Gasteiger charge is -2.07. The van der Waals surface area contributed by atoms with Gasteiger partial charge in [0.1, 0.15) is 11.6 Å². The van der Waals surface area contributed by atoms with Crippen LogP contribution in [0.25, 0.3) is 0 Å². The molecule has 0 aliphatic carbocycles. The van der Waals surface area contributed by atoms with Crippen molar-refractivity contribution >= 4 is 11.6 Å². The van der Waals surface area contributed by atoms with Crippen LogP contribution in [0.15, 0.2) is 18.2 Å². The highest BCUT2D eigenvalue weighted by Gasteiger charge is 2.01. The van der Waals surface area contributed by atoms with Crippen LogP contribution in [-0.2, 0) is 5.88 Å². The Morgan fingerprint density at radius 3 is 2.59 bits per heavy atom. The second kappa shape index (κ2) is 8.35. The molecular weight excluding hydrogens is 239 g/mol. The number of ether oxygens (including phenoxy) is 1. The number of rotatable bonds is 8. The van der Waals surface area contributed by atoms with Crippen molar-refractivity contribution in [3.63, 3.8) is 0 Å². The van der Waals surface area contributed by atoms with E-state index in [-0.39, 0.29) is 5.82 Å². The van der Waals surface area contributed by atoms with Crippen molar-refractivity contribution in [3.8, 4) is 5.75 Å². The highest BCUT2D eigenvalue weighted by molar-refractivity contribution is 6.17. The van der Waals surface area contributed by atoms with Crippen molar-refractivity contribution in [2.75, 3.05) is 6.61 Å². The van der Waals surface area contributed by atoms with Crippen LogP contribution in [-0.4, -0.2) is 6.61 Å². The highest BCUT2D eigenvalue weighted by atomic mass is 35.5. The van der Waals surface area contributed by atoms with Crippen molar-refractivity contribution in [1.82, 2.24) is 0 Å². The average molecular weight is 259 g/mol. The van der Waals surface area contributed by atoms with Gasteiger partial charge in [0.2, 0.25) is 0 Å². The average Bonchev–Trinajstić information content (AvgIpc) is 2.33. The molecule has 0 fully saturated rings. The van der Waals surface area contributed by atoms with Gasteiger partial charge in [0.15, 0.2) is 0 Å². The van der Waals surface area contributed by atoms with Gasteiger partial charge in [0.05, 0.1) is 6.61 Å². The van der Waals surface area contributed by atoms with E-state index in [1.54, 1.807) is 6.07 Å². The Labute approximate surface area is 108 Å². The summed E-state index contributed by atoms with van der Waals surface area (Å²) >= 11 is 5.67. The molecule has 0 aliphatic heterocycles. The van der Waals surface area contributed by atoms with E-state index in [4.69, 9.17) is 16.3 Å². The number of benzene rings is 1. The van der Waals surface area contributed by atoms with Crippen molar-refractivity contribution in [1.29, 1.82) is 0 Å². The highest BCUT2D eigenvalue weighted by Crippen LogP contribution is 2.18. The molecule has 0 radical (unpaired) electrons. The summed E-state index contributed by atoms with van der Waals surface area (Å²) in [7, 11) is 0. The van der Waals surface area contributed by atoms with Crippen LogP contribution in [0.2, 0.25) is 0 Å². The van der Waals surface area contributed by atoms with Crippen molar-refractivity contribution in [2.24, 2.45) is 0 Å². The second-order valence-corrected chi connectivity index (χ2v) is 4.46. The lowest BCUT2D eigenvalue weighted by Crippen LogP contribution is -1.98. The van der Waals surface area contributed by atoms with E-state index < -0.39 is 0 Å². The van der Waals surface area contributed by atoms with Crippen LogP contribution in [0.1, 0.15) is 44.6 Å². The van der Waals surface area contributed by atoms with Gasteiger partial charge in [0.25, 0.3) is 0 Å². The zero-order chi connectivity index (χ0) is 12.5. The molecule has 0 aromatic heterocycles. The summed E-state index contributed by atoms with van der Waals surface area (Å²) in [6, 6.07) is 4.63. The normalized spacial score (nSPS) is 10.5. The van der Waals surface area contributed by atoms with Crippen LogP contribution < -0.4 is 4.74 Å². The predicted molar refractivity (Wildman–Crippen MR) is 70.2 cm³/mol. The maximum atomic E-state index is 13.2. The first-order chi connectivity index (χ1) is 8.26. The van der Waals surface area contributed by atoms with Gasteiger partial charge in [-0.3, -0.25) is 0 Å². The molecule has 1 rings (SSSR count). The summed E-state index contributed by atoms with van der Waals surface area (Å²) in [6.45, 7) is 2.84. The Morgan fingerprint density at radius 1 is 1.12 bits per heavy atom. The standard InChI is InChI=1S/C14H20ClFO/c1-2-3-4-5-6-7-17-14-9-12(11-15)8-13(16)10-14/h8-10H,2-7,11H2,1H3. The Hall–Kier alpha value is -0.760. The molecule has 0 spiro atoms. The SMILES string of the molecule is CCCCCCCOc1cc(F)cc(CCl)c1. The fourth-order valence-corrected chi connectivity index (χ4v) is 1.83. The number of hydrogen-bond donors (Lipinski definition) is 0. The molecule has 0 atom stereocenters. The molecule has 0 unspecified atom stereocenters. The summed E-state index contributed by atoms with van der Waals surface area (Å²) in [6.07, 6.45) is 5.95. The quantitative estimate of drug-likeness (QED) is 0.475. The monoisotopic (exact) mass is 258 g/mol. The van der Waals surface area contributed by atoms with Gasteiger partial charge >= 0.3 is 0 Å². The summed E-state index contributed by atoms with van der Waals surface area (Å²) in [5.74, 6) is 0.602. The van der Waals surface area contributed by atoms with E-state index >= 15 is 0 Å². The molecule has 0 N–H and O–H groups in total. The second-order valence-electron chi connectivity index (χ2n) is 4.19. The molecule has 0 bridgehead atoms. The molecule has 3 heteroatoms. The Bertz CT molecular complexity index is 328. The van der Waals surface area contributed by atoms with Gasteiger partial charge < -0.3 is 4.74 Å². The van der Waals surface area contributed by atoms with E-state index in [2.05, 4.69) is 6.92 Å². The lowest BCUT2D eigenvalue weighted by atomic mass is 10.2. The van der Waals surface area contributed by atoms with Crippen LogP contribution in [0.5, 0.6) is 5.75 Å². The zero-order valence-corrected chi connectivity index (χ0v) is 11.1. The Balaban J connectivity index is 2.28. The minimum atomic E-state index is -0.288. The van der Waals surface area contributed by atoms with Gasteiger partial charge in [-0.05, 0) is 24.1 Å². The topological polar surface area (TPSA) is 9.23 Å². The van der Waals surface area contributed by atoms with E-state index in [9.17, 15) is 4.39 Å². The van der Waals surface area contributed by atoms with E-state index in [0.717, 1.165) is 12.0 Å². The van der Waals surface area contributed by atoms with Gasteiger partial charge in [-0.2, -0.15) is 0 Å². The molecule has 1 aromatic rings. The fraction of sp³-hybridized carbons (Fsp3) is 0.571. The summed E-state index contributed by atoms with van der Waals surface area (Å²) in [4.78, 5) is 0. The van der Waals surface area contributed by atoms with E-state index in [0.29, 0.717) is 18.2 Å². The largest absolute Gasteiger partial charge is 0.493 e. The van der Waals surface area contributed by atoms with Crippen LogP contribution in [0.3, 0.4) is 0 Å². The first-order valence-electron chi connectivity index (χ1n) is 6.24. The van der Waals surface area contributed by atoms with Crippen LogP contribution in [0, 0.1) is 5.82 Å². The molecule has 0 saturated carbocycles. The molecule has 0 heterocycles. The molecule has 17 heavy (non-hydrogen) atoms. The van der Waals surface area contributed by atoms with Gasteiger partial charge in [-0.1, -0.05) is 32.6 Å². The number of alkyl halides is 1. The molecule has 1 aromatic carbocycles. The van der Waals surface area contributed by atoms with Gasteiger partial charge in [0, 0.05) is 11.9 Å². The van der Waals surface area contributed by atoms with Crippen molar-refractivity contribution in [3.05, 3.63) is 29.6 Å². The van der Waals surface area contributed by atoms with Crippen LogP contribution >= 0.6 is 11.6 Å². The molecule has 96 valence electrons. The zero-order valence-electron chi connectivity index (χ0n) is 10.3. The summed E-state index contributed by atoms with van der Waals surface area (Å²) in [5.41, 5.74) is 0.757. The number of unbranched alkanes of at least 4 members (excludes halogenated alkanes) is 4. The van der Waals surface area contributed by atoms with Crippen LogP contribution in [0.4, 0.5) is 4.39 Å². The lowest BCUT2D eigenvalue weighted by molar-refractivity contribution is 0.303. The molecule has 0 aliphatic rings. The Morgan fingerprint density at radius 2 is 1.88 bits per heavy atom. The predicted octanol–water partition coefficient (Wildman–Crippen LogP) is 4.91. The molecule has 1 nitrogen and oxygen atoms in total. The smallest absolute Gasteiger partial charge is 0.127 e. The third-order valence-corrected chi connectivity index (χ3v) is 2.91. The van der Waals surface area contributed by atoms with Gasteiger partial charge in [-0.15, -0.1) is 11.6 Å². The minimum absolute atomic E-state index is 0.288. The molecule has 0 saturated heterocycles. The van der Waals surface area contributed by atoms with Gasteiger partial charge in [-0.25, -0.2) is 4.39 Å². The van der Waals surface area contributed by atoms with E-state index in [1.165, 1.54) is 37.8 Å². The number of halogens is 2. The van der Waals surface area contributed by atoms with Crippen molar-refractivity contribution in [2.45, 2.75) is 44.9 Å². The third kappa shape index (κ3) is 5.92. The fourth-order valence-electron chi connectivity index (χ4n) is 1.68. The first-order valence-corrected chi connectivity index (χ1v) is 6.78.